The third-order valence-electron chi connectivity index (χ3n) is 13.2. The van der Waals surface area contributed by atoms with E-state index in [9.17, 15) is 0 Å². The van der Waals surface area contributed by atoms with Gasteiger partial charge in [0.2, 0.25) is 0 Å². The minimum atomic E-state index is 0.865. The zero-order valence-electron chi connectivity index (χ0n) is 37.5. The summed E-state index contributed by atoms with van der Waals surface area (Å²) in [5.74, 6) is 0. The molecule has 2 heterocycles. The monoisotopic (exact) mass is 818 g/mol. The van der Waals surface area contributed by atoms with Crippen LogP contribution in [0.2, 0.25) is 0 Å². The second-order valence-corrected chi connectivity index (χ2v) is 18.0. The molecule has 4 nitrogen and oxygen atoms in total. The predicted molar refractivity (Wildman–Crippen MR) is 268 cm³/mol. The largest absolute Gasteiger partial charge is 0.456 e. The van der Waals surface area contributed by atoms with E-state index in [1.54, 1.807) is 0 Å². The van der Waals surface area contributed by atoms with Crippen molar-refractivity contribution in [1.82, 2.24) is 0 Å². The summed E-state index contributed by atoms with van der Waals surface area (Å²) in [6.07, 6.45) is 0. The molecule has 0 aliphatic rings. The first kappa shape index (κ1) is 38.6. The lowest BCUT2D eigenvalue weighted by Gasteiger charge is -2.29. The van der Waals surface area contributed by atoms with Crippen LogP contribution in [0.15, 0.2) is 148 Å². The Morgan fingerprint density at radius 1 is 0.302 bits per heavy atom. The van der Waals surface area contributed by atoms with Gasteiger partial charge in [0.15, 0.2) is 0 Å². The van der Waals surface area contributed by atoms with Crippen molar-refractivity contribution >= 4 is 99.5 Å². The van der Waals surface area contributed by atoms with Gasteiger partial charge in [0.25, 0.3) is 0 Å². The Hall–Kier alpha value is -7.30. The molecule has 0 unspecified atom stereocenters. The number of hydrogen-bond donors (Lipinski definition) is 0. The highest BCUT2D eigenvalue weighted by Crippen LogP contribution is 2.45. The van der Waals surface area contributed by atoms with Crippen molar-refractivity contribution in [3.05, 3.63) is 190 Å². The van der Waals surface area contributed by atoms with E-state index >= 15 is 0 Å². The van der Waals surface area contributed by atoms with Gasteiger partial charge in [-0.2, -0.15) is 0 Å². The van der Waals surface area contributed by atoms with Gasteiger partial charge in [-0.3, -0.25) is 0 Å². The van der Waals surface area contributed by atoms with E-state index in [1.165, 1.54) is 78.0 Å². The molecule has 0 aliphatic carbocycles. The van der Waals surface area contributed by atoms with Gasteiger partial charge in [-0.1, -0.05) is 82.9 Å². The van der Waals surface area contributed by atoms with E-state index in [2.05, 4.69) is 212 Å². The van der Waals surface area contributed by atoms with E-state index in [1.807, 2.05) is 0 Å². The first-order valence-electron chi connectivity index (χ1n) is 22.0. The average Bonchev–Trinajstić information content (AvgIpc) is 3.79. The minimum absolute atomic E-state index is 0.865. The van der Waals surface area contributed by atoms with Crippen LogP contribution >= 0.6 is 0 Å². The lowest BCUT2D eigenvalue weighted by atomic mass is 10.00. The summed E-state index contributed by atoms with van der Waals surface area (Å²) in [5, 5.41) is 9.01. The number of aryl methyl sites for hydroxylation is 9. The number of furan rings is 2. The van der Waals surface area contributed by atoms with Gasteiger partial charge in [-0.05, 0) is 185 Å². The molecular weight excluding hydrogens is 769 g/mol. The highest BCUT2D eigenvalue weighted by molar-refractivity contribution is 6.20. The van der Waals surface area contributed by atoms with Crippen LogP contribution in [0.1, 0.15) is 50.1 Å². The first-order chi connectivity index (χ1) is 30.4. The van der Waals surface area contributed by atoms with Crippen LogP contribution < -0.4 is 9.80 Å². The summed E-state index contributed by atoms with van der Waals surface area (Å²) < 4.78 is 13.6. The summed E-state index contributed by atoms with van der Waals surface area (Å²) >= 11 is 0. The van der Waals surface area contributed by atoms with E-state index < -0.39 is 0 Å². The van der Waals surface area contributed by atoms with Crippen molar-refractivity contribution < 1.29 is 8.83 Å². The molecule has 0 amide bonds. The predicted octanol–water partition coefficient (Wildman–Crippen LogP) is 17.5. The molecule has 0 bridgehead atoms. The summed E-state index contributed by atoms with van der Waals surface area (Å²) in [6, 6.07) is 51.7. The number of benzene rings is 9. The minimum Gasteiger partial charge on any atom is -0.456 e. The normalized spacial score (nSPS) is 11.9. The van der Waals surface area contributed by atoms with Crippen molar-refractivity contribution in [2.45, 2.75) is 62.3 Å². The fourth-order valence-electron chi connectivity index (χ4n) is 10.1. The van der Waals surface area contributed by atoms with Gasteiger partial charge >= 0.3 is 0 Å². The van der Waals surface area contributed by atoms with Crippen molar-refractivity contribution in [2.75, 3.05) is 9.80 Å². The topological polar surface area (TPSA) is 32.8 Å². The van der Waals surface area contributed by atoms with Crippen molar-refractivity contribution in [2.24, 2.45) is 0 Å². The Morgan fingerprint density at radius 2 is 0.651 bits per heavy atom. The molecule has 11 rings (SSSR count). The maximum atomic E-state index is 6.79. The van der Waals surface area contributed by atoms with Crippen LogP contribution in [0.3, 0.4) is 0 Å². The molecule has 9 aromatic carbocycles. The van der Waals surface area contributed by atoms with Gasteiger partial charge < -0.3 is 18.6 Å². The van der Waals surface area contributed by atoms with Crippen LogP contribution in [0, 0.1) is 62.3 Å². The molecule has 0 fully saturated rings. The van der Waals surface area contributed by atoms with Crippen LogP contribution in [0.25, 0.3) is 65.4 Å². The zero-order chi connectivity index (χ0) is 43.4. The fourth-order valence-corrected chi connectivity index (χ4v) is 10.1. The van der Waals surface area contributed by atoms with Crippen molar-refractivity contribution in [1.29, 1.82) is 0 Å². The molecular formula is C59H50N2O2. The van der Waals surface area contributed by atoms with Gasteiger partial charge in [-0.15, -0.1) is 0 Å². The average molecular weight is 819 g/mol. The number of rotatable bonds is 6. The number of fused-ring (bicyclic) bond motifs is 8. The lowest BCUT2D eigenvalue weighted by Crippen LogP contribution is -2.13. The highest BCUT2D eigenvalue weighted by atomic mass is 16.3. The maximum absolute atomic E-state index is 6.79. The van der Waals surface area contributed by atoms with Gasteiger partial charge in [0, 0.05) is 61.2 Å². The van der Waals surface area contributed by atoms with Crippen molar-refractivity contribution in [3.63, 3.8) is 0 Å². The van der Waals surface area contributed by atoms with Crippen molar-refractivity contribution in [3.8, 4) is 0 Å². The Balaban J connectivity index is 1.03. The number of anilines is 6. The third-order valence-corrected chi connectivity index (χ3v) is 13.2. The number of hydrogen-bond acceptors (Lipinski definition) is 4. The van der Waals surface area contributed by atoms with E-state index in [0.717, 1.165) is 71.6 Å². The molecule has 0 radical (unpaired) electrons. The first-order valence-corrected chi connectivity index (χ1v) is 22.0. The molecule has 2 aromatic heterocycles. The van der Waals surface area contributed by atoms with E-state index in [-0.39, 0.29) is 0 Å². The molecule has 63 heavy (non-hydrogen) atoms. The molecule has 0 spiro atoms. The van der Waals surface area contributed by atoms with Gasteiger partial charge in [0.05, 0.1) is 0 Å². The van der Waals surface area contributed by atoms with E-state index in [0.29, 0.717) is 0 Å². The number of nitrogens with zero attached hydrogens (tertiary/aromatic N) is 2. The molecule has 4 heteroatoms. The lowest BCUT2D eigenvalue weighted by molar-refractivity contribution is 0.651. The second-order valence-electron chi connectivity index (χ2n) is 18.0. The van der Waals surface area contributed by atoms with Gasteiger partial charge in [-0.25, -0.2) is 0 Å². The highest BCUT2D eigenvalue weighted by Gasteiger charge is 2.22. The second kappa shape index (κ2) is 14.4. The zero-order valence-corrected chi connectivity index (χ0v) is 37.5. The third kappa shape index (κ3) is 6.35. The molecule has 0 aliphatic heterocycles. The Kier molecular flexibility index (Phi) is 8.82. The van der Waals surface area contributed by atoms with Gasteiger partial charge in [0.1, 0.15) is 22.3 Å². The maximum Gasteiger partial charge on any atom is 0.142 e. The summed E-state index contributed by atoms with van der Waals surface area (Å²) in [6.45, 7) is 19.5. The molecule has 0 N–H and O–H groups in total. The summed E-state index contributed by atoms with van der Waals surface area (Å²) in [4.78, 5) is 4.79. The Labute approximate surface area is 368 Å². The smallest absolute Gasteiger partial charge is 0.142 e. The van der Waals surface area contributed by atoms with Crippen LogP contribution in [0.4, 0.5) is 34.1 Å². The van der Waals surface area contributed by atoms with Crippen LogP contribution in [-0.2, 0) is 0 Å². The molecule has 11 aromatic rings. The SMILES string of the molecule is Cc1ccc(N(c2ccc3cc4c(cc3c2)oc2c(C)c3oc5cc6cc(N(c7ccc(C)cc7C)c7ccc(C)cc7C)ccc6cc5c3cc24)c2ccc(C)cc2C)c(C)c1. The van der Waals surface area contributed by atoms with Crippen LogP contribution in [-0.4, -0.2) is 0 Å². The molecule has 0 saturated heterocycles. The summed E-state index contributed by atoms with van der Waals surface area (Å²) in [7, 11) is 0. The Morgan fingerprint density at radius 3 is 0.984 bits per heavy atom. The van der Waals surface area contributed by atoms with Crippen LogP contribution in [0.5, 0.6) is 0 Å². The fraction of sp³-hybridized carbons (Fsp3) is 0.153. The molecule has 0 atom stereocenters. The van der Waals surface area contributed by atoms with E-state index in [4.69, 9.17) is 8.83 Å². The molecule has 0 saturated carbocycles. The molecule has 308 valence electrons. The standard InChI is InChI=1S/C59H50N2O2/c1-33-10-18-52(37(5)22-33)60(53-19-11-34(2)23-38(53)6)46-16-14-42-28-48-50-32-51-49-29-43-15-17-47(61(54-20-12-35(3)24-39(54)7)55-21-13-36(4)25-40(55)8)27-45(43)31-57(49)63-59(51)41(9)58(50)62-56(48)30-44(42)26-46/h10-32H,1-9H3. The Bertz CT molecular complexity index is 3350. The quantitative estimate of drug-likeness (QED) is 0.167. The summed E-state index contributed by atoms with van der Waals surface area (Å²) in [5.41, 5.74) is 21.4.